The molecule has 88 valence electrons. The van der Waals surface area contributed by atoms with Gasteiger partial charge < -0.3 is 15.4 Å². The summed E-state index contributed by atoms with van der Waals surface area (Å²) in [7, 11) is 0. The fourth-order valence-electron chi connectivity index (χ4n) is 2.53. The Labute approximate surface area is 93.0 Å². The van der Waals surface area contributed by atoms with Crippen molar-refractivity contribution in [3.8, 4) is 0 Å². The highest BCUT2D eigenvalue weighted by atomic mass is 16.5. The van der Waals surface area contributed by atoms with Crippen LogP contribution in [0, 0.1) is 11.8 Å². The fourth-order valence-corrected chi connectivity index (χ4v) is 2.53. The Balaban J connectivity index is 1.53. The zero-order valence-corrected chi connectivity index (χ0v) is 9.63. The lowest BCUT2D eigenvalue weighted by Gasteiger charge is -2.25. The minimum atomic E-state index is 0.760. The molecule has 0 aromatic carbocycles. The van der Waals surface area contributed by atoms with Gasteiger partial charge in [-0.1, -0.05) is 0 Å². The van der Waals surface area contributed by atoms with E-state index in [2.05, 4.69) is 10.6 Å². The van der Waals surface area contributed by atoms with Crippen molar-refractivity contribution in [2.45, 2.75) is 25.7 Å². The summed E-state index contributed by atoms with van der Waals surface area (Å²) in [4.78, 5) is 0. The number of ether oxygens (including phenoxy) is 1. The lowest BCUT2D eigenvalue weighted by molar-refractivity contribution is 0.0576. The van der Waals surface area contributed by atoms with Crippen LogP contribution in [0.1, 0.15) is 25.7 Å². The van der Waals surface area contributed by atoms with E-state index in [-0.39, 0.29) is 0 Å². The molecule has 0 spiro atoms. The van der Waals surface area contributed by atoms with E-state index in [1.165, 1.54) is 38.8 Å². The van der Waals surface area contributed by atoms with Crippen LogP contribution in [0.25, 0.3) is 0 Å². The van der Waals surface area contributed by atoms with Crippen LogP contribution < -0.4 is 10.6 Å². The van der Waals surface area contributed by atoms with Gasteiger partial charge in [-0.2, -0.15) is 0 Å². The van der Waals surface area contributed by atoms with Gasteiger partial charge in [-0.15, -0.1) is 0 Å². The highest BCUT2D eigenvalue weighted by Gasteiger charge is 2.16. The molecule has 0 bridgehead atoms. The summed E-state index contributed by atoms with van der Waals surface area (Å²) in [6, 6.07) is 0. The predicted octanol–water partition coefficient (Wildman–Crippen LogP) is 1.00. The number of piperidine rings is 2. The Hall–Kier alpha value is -0.120. The molecular formula is C12H24N2O. The van der Waals surface area contributed by atoms with Crippen molar-refractivity contribution in [1.82, 2.24) is 10.6 Å². The molecule has 2 rings (SSSR count). The Morgan fingerprint density at radius 1 is 0.867 bits per heavy atom. The van der Waals surface area contributed by atoms with E-state index in [0.29, 0.717) is 0 Å². The molecule has 2 heterocycles. The van der Waals surface area contributed by atoms with E-state index in [9.17, 15) is 0 Å². The Morgan fingerprint density at radius 3 is 1.80 bits per heavy atom. The van der Waals surface area contributed by atoms with Crippen molar-refractivity contribution in [1.29, 1.82) is 0 Å². The van der Waals surface area contributed by atoms with Gasteiger partial charge in [0.1, 0.15) is 0 Å². The van der Waals surface area contributed by atoms with Gasteiger partial charge in [-0.05, 0) is 50.6 Å². The summed E-state index contributed by atoms with van der Waals surface area (Å²) >= 11 is 0. The van der Waals surface area contributed by atoms with Crippen molar-refractivity contribution < 1.29 is 4.74 Å². The predicted molar refractivity (Wildman–Crippen MR) is 62.0 cm³/mol. The fraction of sp³-hybridized carbons (Fsp3) is 1.00. The van der Waals surface area contributed by atoms with Gasteiger partial charge in [-0.25, -0.2) is 0 Å². The van der Waals surface area contributed by atoms with Crippen LogP contribution in [0.5, 0.6) is 0 Å². The van der Waals surface area contributed by atoms with Crippen LogP contribution in [0.2, 0.25) is 0 Å². The largest absolute Gasteiger partial charge is 0.381 e. The number of hydrogen-bond acceptors (Lipinski definition) is 3. The van der Waals surface area contributed by atoms with Crippen molar-refractivity contribution in [2.24, 2.45) is 11.8 Å². The molecule has 2 aliphatic heterocycles. The van der Waals surface area contributed by atoms with Crippen LogP contribution in [-0.2, 0) is 4.74 Å². The van der Waals surface area contributed by atoms with Gasteiger partial charge in [-0.3, -0.25) is 0 Å². The molecule has 2 atom stereocenters. The molecule has 2 fully saturated rings. The molecule has 15 heavy (non-hydrogen) atoms. The molecule has 0 unspecified atom stereocenters. The maximum absolute atomic E-state index is 5.83. The molecule has 2 aliphatic rings. The zero-order valence-electron chi connectivity index (χ0n) is 9.63. The molecule has 0 saturated carbocycles. The first kappa shape index (κ1) is 11.4. The summed E-state index contributed by atoms with van der Waals surface area (Å²) in [6.45, 7) is 6.63. The summed E-state index contributed by atoms with van der Waals surface area (Å²) in [5, 5.41) is 6.86. The van der Waals surface area contributed by atoms with Crippen molar-refractivity contribution >= 4 is 0 Å². The van der Waals surface area contributed by atoms with Gasteiger partial charge in [0.25, 0.3) is 0 Å². The third-order valence-electron chi connectivity index (χ3n) is 3.50. The first-order chi connectivity index (χ1) is 7.45. The standard InChI is InChI=1S/C12H24N2O/c1-3-11(7-13-5-1)9-15-10-12-4-2-6-14-8-12/h11-14H,1-10H2/t11-,12-/m1/s1. The van der Waals surface area contributed by atoms with Crippen molar-refractivity contribution in [2.75, 3.05) is 39.4 Å². The van der Waals surface area contributed by atoms with Crippen LogP contribution in [0.4, 0.5) is 0 Å². The zero-order chi connectivity index (χ0) is 10.3. The van der Waals surface area contributed by atoms with Gasteiger partial charge in [0.05, 0.1) is 13.2 Å². The maximum atomic E-state index is 5.83. The second kappa shape index (κ2) is 6.46. The molecular weight excluding hydrogens is 188 g/mol. The minimum Gasteiger partial charge on any atom is -0.381 e. The minimum absolute atomic E-state index is 0.760. The van der Waals surface area contributed by atoms with Crippen LogP contribution in [0.15, 0.2) is 0 Å². The summed E-state index contributed by atoms with van der Waals surface area (Å²) in [5.74, 6) is 1.52. The van der Waals surface area contributed by atoms with Crippen LogP contribution >= 0.6 is 0 Å². The van der Waals surface area contributed by atoms with E-state index in [0.717, 1.165) is 38.1 Å². The molecule has 0 aromatic heterocycles. The van der Waals surface area contributed by atoms with E-state index < -0.39 is 0 Å². The molecule has 2 saturated heterocycles. The van der Waals surface area contributed by atoms with Crippen molar-refractivity contribution in [3.63, 3.8) is 0 Å². The van der Waals surface area contributed by atoms with Crippen LogP contribution in [0.3, 0.4) is 0 Å². The van der Waals surface area contributed by atoms with E-state index in [1.54, 1.807) is 0 Å². The number of hydrogen-bond donors (Lipinski definition) is 2. The normalized spacial score (nSPS) is 32.8. The van der Waals surface area contributed by atoms with Gasteiger partial charge in [0.15, 0.2) is 0 Å². The first-order valence-electron chi connectivity index (χ1n) is 6.44. The Bertz CT molecular complexity index is 145. The lowest BCUT2D eigenvalue weighted by atomic mass is 9.99. The average molecular weight is 212 g/mol. The molecule has 0 amide bonds. The molecule has 0 aromatic rings. The second-order valence-corrected chi connectivity index (χ2v) is 4.96. The quantitative estimate of drug-likeness (QED) is 0.729. The van der Waals surface area contributed by atoms with E-state index >= 15 is 0 Å². The Morgan fingerprint density at radius 2 is 1.40 bits per heavy atom. The highest BCUT2D eigenvalue weighted by molar-refractivity contribution is 4.70. The molecule has 2 N–H and O–H groups in total. The smallest absolute Gasteiger partial charge is 0.0506 e. The summed E-state index contributed by atoms with van der Waals surface area (Å²) in [6.07, 6.45) is 5.32. The first-order valence-corrected chi connectivity index (χ1v) is 6.44. The van der Waals surface area contributed by atoms with Crippen molar-refractivity contribution in [3.05, 3.63) is 0 Å². The van der Waals surface area contributed by atoms with Crippen LogP contribution in [-0.4, -0.2) is 39.4 Å². The highest BCUT2D eigenvalue weighted by Crippen LogP contribution is 2.13. The lowest BCUT2D eigenvalue weighted by Crippen LogP contribution is -2.35. The SMILES string of the molecule is C1CNC[C@H](COC[C@@H]2CCCNC2)C1. The third kappa shape index (κ3) is 4.09. The second-order valence-electron chi connectivity index (χ2n) is 4.96. The molecule has 3 heteroatoms. The third-order valence-corrected chi connectivity index (χ3v) is 3.50. The van der Waals surface area contributed by atoms with Gasteiger partial charge in [0.2, 0.25) is 0 Å². The topological polar surface area (TPSA) is 33.3 Å². The Kier molecular flexibility index (Phi) is 4.90. The summed E-state index contributed by atoms with van der Waals surface area (Å²) in [5.41, 5.74) is 0. The number of nitrogens with one attached hydrogen (secondary N) is 2. The van der Waals surface area contributed by atoms with E-state index in [1.807, 2.05) is 0 Å². The van der Waals surface area contributed by atoms with E-state index in [4.69, 9.17) is 4.74 Å². The maximum Gasteiger partial charge on any atom is 0.0506 e. The average Bonchev–Trinajstić information content (AvgIpc) is 2.32. The number of rotatable bonds is 4. The molecule has 3 nitrogen and oxygen atoms in total. The molecule has 0 aliphatic carbocycles. The monoisotopic (exact) mass is 212 g/mol. The van der Waals surface area contributed by atoms with Gasteiger partial charge >= 0.3 is 0 Å². The molecule has 0 radical (unpaired) electrons. The summed E-state index contributed by atoms with van der Waals surface area (Å²) < 4.78 is 5.83. The van der Waals surface area contributed by atoms with Gasteiger partial charge in [0, 0.05) is 13.1 Å².